The lowest BCUT2D eigenvalue weighted by Crippen LogP contribution is -2.47. The summed E-state index contributed by atoms with van der Waals surface area (Å²) in [5, 5.41) is 11.3. The molecule has 8 nitrogen and oxygen atoms in total. The number of nitriles is 1. The second-order valence-corrected chi connectivity index (χ2v) is 18.0. The summed E-state index contributed by atoms with van der Waals surface area (Å²) in [6.07, 6.45) is 0.448. The van der Waals surface area contributed by atoms with Gasteiger partial charge in [0.2, 0.25) is 12.3 Å². The molecule has 0 N–H and O–H groups in total. The number of nitrogens with zero attached hydrogens (tertiary/aromatic N) is 5. The highest BCUT2D eigenvalue weighted by Gasteiger charge is 2.61. The molecule has 0 unspecified atom stereocenters. The quantitative estimate of drug-likeness (QED) is 0.186. The van der Waals surface area contributed by atoms with Gasteiger partial charge in [-0.2, -0.15) is 5.26 Å². The van der Waals surface area contributed by atoms with Crippen molar-refractivity contribution in [2.75, 3.05) is 6.54 Å². The maximum atomic E-state index is 17.4. The molecule has 3 aliphatic carbocycles. The Morgan fingerprint density at radius 2 is 1.87 bits per heavy atom. The molecule has 6 aliphatic rings. The van der Waals surface area contributed by atoms with E-state index in [1.54, 1.807) is 23.1 Å². The van der Waals surface area contributed by atoms with Crippen molar-refractivity contribution in [3.63, 3.8) is 0 Å². The van der Waals surface area contributed by atoms with Gasteiger partial charge in [0, 0.05) is 70.0 Å². The standard InChI is InChI=1S/C42H42Cl2F3N5O3/c1-19-25-17-31(38-26-15-23(16-27(26)39(46)47)51(38)40(53)20-10-11-20)52(36-22-14-30(36)50(18-22)41(54)55-42(2,3)4)37(25)28-13-21(7-6-12-48)32(34(45)35(28)49-19)24-8-5-9-29(43)33(24)44/h5,8-9,13,17,20,22-23,26-27,30,36,38-39H,6-7,10-11,14-16,18H2,1-4H3/t22-,23-,26+,27+,30-,36+,38-/m1/s1. The minimum atomic E-state index is -2.53. The number of aryl methyl sites for hydroxylation is 2. The van der Waals surface area contributed by atoms with Crippen LogP contribution in [0, 0.1) is 47.7 Å². The first kappa shape index (κ1) is 36.6. The van der Waals surface area contributed by atoms with Crippen LogP contribution >= 0.6 is 23.2 Å². The van der Waals surface area contributed by atoms with Crippen molar-refractivity contribution in [1.82, 2.24) is 19.4 Å². The third-order valence-corrected chi connectivity index (χ3v) is 13.6. The molecule has 3 saturated heterocycles. The molecule has 2 amide bonds. The van der Waals surface area contributed by atoms with Crippen LogP contribution in [0.25, 0.3) is 32.9 Å². The maximum Gasteiger partial charge on any atom is 0.410 e. The van der Waals surface area contributed by atoms with Crippen molar-refractivity contribution in [1.29, 1.82) is 5.26 Å². The summed E-state index contributed by atoms with van der Waals surface area (Å²) in [5.74, 6) is -2.01. The van der Waals surface area contributed by atoms with Crippen LogP contribution in [-0.4, -0.2) is 62.0 Å². The summed E-state index contributed by atoms with van der Waals surface area (Å²) in [5.41, 5.74) is 2.49. The van der Waals surface area contributed by atoms with E-state index in [0.29, 0.717) is 40.7 Å². The van der Waals surface area contributed by atoms with Gasteiger partial charge < -0.3 is 19.1 Å². The second-order valence-electron chi connectivity index (χ2n) is 17.2. The van der Waals surface area contributed by atoms with Crippen LogP contribution in [0.4, 0.5) is 18.0 Å². The molecule has 5 heterocycles. The first-order valence-corrected chi connectivity index (χ1v) is 20.0. The molecule has 0 spiro atoms. The number of rotatable bonds is 7. The maximum absolute atomic E-state index is 17.4. The van der Waals surface area contributed by atoms with Gasteiger partial charge in [-0.3, -0.25) is 4.79 Å². The third kappa shape index (κ3) is 5.71. The molecular formula is C42H42Cl2F3N5O3. The number of fused-ring (bicyclic) bond motifs is 6. The van der Waals surface area contributed by atoms with E-state index in [0.717, 1.165) is 30.3 Å². The van der Waals surface area contributed by atoms with Gasteiger partial charge in [-0.1, -0.05) is 35.3 Å². The van der Waals surface area contributed by atoms with Gasteiger partial charge in [-0.05, 0) is 95.9 Å². The van der Waals surface area contributed by atoms with E-state index in [4.69, 9.17) is 32.9 Å². The predicted octanol–water partition coefficient (Wildman–Crippen LogP) is 10.2. The Morgan fingerprint density at radius 3 is 2.56 bits per heavy atom. The molecule has 2 aromatic carbocycles. The predicted molar refractivity (Wildman–Crippen MR) is 204 cm³/mol. The molecule has 10 rings (SSSR count). The zero-order chi connectivity index (χ0) is 38.8. The molecule has 3 aliphatic heterocycles. The zero-order valence-corrected chi connectivity index (χ0v) is 32.6. The number of carbonyl (C=O) groups excluding carboxylic acids is 2. The average Bonchev–Trinajstić information content (AvgIpc) is 3.46. The number of amides is 2. The van der Waals surface area contributed by atoms with Crippen molar-refractivity contribution >= 4 is 57.0 Å². The van der Waals surface area contributed by atoms with Gasteiger partial charge in [0.1, 0.15) is 11.1 Å². The summed E-state index contributed by atoms with van der Waals surface area (Å²) < 4.78 is 54.9. The van der Waals surface area contributed by atoms with Crippen LogP contribution in [0.3, 0.4) is 0 Å². The lowest BCUT2D eigenvalue weighted by molar-refractivity contribution is -0.139. The average molecular weight is 793 g/mol. The number of ether oxygens (including phenoxy) is 1. The molecule has 2 aromatic heterocycles. The Labute approximate surface area is 327 Å². The smallest absolute Gasteiger partial charge is 0.410 e. The summed E-state index contributed by atoms with van der Waals surface area (Å²) in [4.78, 5) is 36.2. The summed E-state index contributed by atoms with van der Waals surface area (Å²) >= 11 is 13.1. The van der Waals surface area contributed by atoms with Crippen LogP contribution in [-0.2, 0) is 16.0 Å². The first-order valence-electron chi connectivity index (χ1n) is 19.3. The van der Waals surface area contributed by atoms with Crippen molar-refractivity contribution < 1.29 is 27.5 Å². The van der Waals surface area contributed by atoms with E-state index in [9.17, 15) is 23.6 Å². The topological polar surface area (TPSA) is 91.5 Å². The van der Waals surface area contributed by atoms with Crippen LogP contribution in [0.15, 0.2) is 30.3 Å². The Bertz CT molecular complexity index is 2330. The molecule has 4 bridgehead atoms. The Morgan fingerprint density at radius 1 is 1.11 bits per heavy atom. The van der Waals surface area contributed by atoms with Gasteiger partial charge >= 0.3 is 6.09 Å². The second kappa shape index (κ2) is 13.0. The molecule has 288 valence electrons. The highest BCUT2D eigenvalue weighted by atomic mass is 35.5. The van der Waals surface area contributed by atoms with Gasteiger partial charge in [0.15, 0.2) is 5.82 Å². The fraction of sp³-hybridized carbons (Fsp3) is 0.524. The van der Waals surface area contributed by atoms with E-state index in [2.05, 4.69) is 10.6 Å². The summed E-state index contributed by atoms with van der Waals surface area (Å²) in [6, 6.07) is 9.61. The Hall–Kier alpha value is -4.01. The molecule has 0 radical (unpaired) electrons. The number of hydrogen-bond acceptors (Lipinski definition) is 5. The molecular weight excluding hydrogens is 750 g/mol. The van der Waals surface area contributed by atoms with Crippen molar-refractivity contribution in [3.8, 4) is 17.2 Å². The number of carbonyl (C=O) groups is 2. The van der Waals surface area contributed by atoms with Crippen LogP contribution in [0.5, 0.6) is 0 Å². The Balaban J connectivity index is 1.31. The number of likely N-dealkylation sites (tertiary alicyclic amines) is 1. The van der Waals surface area contributed by atoms with Crippen LogP contribution in [0.2, 0.25) is 10.0 Å². The monoisotopic (exact) mass is 791 g/mol. The number of piperidine rings is 1. The number of pyridine rings is 1. The molecule has 55 heavy (non-hydrogen) atoms. The van der Waals surface area contributed by atoms with E-state index in [1.165, 1.54) is 0 Å². The fourth-order valence-electron chi connectivity index (χ4n) is 10.3. The number of hydrogen-bond donors (Lipinski definition) is 0. The van der Waals surface area contributed by atoms with Gasteiger partial charge in [-0.15, -0.1) is 0 Å². The highest BCUT2D eigenvalue weighted by molar-refractivity contribution is 6.43. The largest absolute Gasteiger partial charge is 0.444 e. The van der Waals surface area contributed by atoms with Crippen LogP contribution in [0.1, 0.15) is 88.3 Å². The minimum Gasteiger partial charge on any atom is -0.444 e. The van der Waals surface area contributed by atoms with E-state index in [-0.39, 0.29) is 76.3 Å². The third-order valence-electron chi connectivity index (χ3n) is 12.8. The van der Waals surface area contributed by atoms with Gasteiger partial charge in [-0.25, -0.2) is 22.9 Å². The lowest BCUT2D eigenvalue weighted by Gasteiger charge is -2.43. The van der Waals surface area contributed by atoms with E-state index < -0.39 is 41.8 Å². The molecule has 13 heteroatoms. The minimum absolute atomic E-state index is 0.0138. The van der Waals surface area contributed by atoms with Crippen molar-refractivity contribution in [3.05, 3.63) is 63.1 Å². The SMILES string of the molecule is Cc1nc2c(F)c(-c3cccc(Cl)c3Cl)c(CCC#N)cc2c2c1cc([C@H]1[C@H]3C[C@H](C[C@@H]3C(F)F)N1C(=O)C1CC1)n2[C@H]1[C@@H]2C[C@H]1N(C(=O)OC(C)(C)C)C2. The summed E-state index contributed by atoms with van der Waals surface area (Å²) in [6.45, 7) is 7.73. The summed E-state index contributed by atoms with van der Waals surface area (Å²) in [7, 11) is 0. The molecule has 7 atom stereocenters. The number of halogens is 5. The normalized spacial score (nSPS) is 27.0. The Kier molecular flexibility index (Phi) is 8.67. The first-order chi connectivity index (χ1) is 26.2. The number of aromatic nitrogens is 2. The molecule has 3 saturated carbocycles. The van der Waals surface area contributed by atoms with E-state index >= 15 is 4.39 Å². The van der Waals surface area contributed by atoms with Gasteiger partial charge in [0.05, 0.1) is 39.8 Å². The zero-order valence-electron chi connectivity index (χ0n) is 31.1. The molecule has 4 aromatic rings. The molecule has 6 fully saturated rings. The van der Waals surface area contributed by atoms with Crippen molar-refractivity contribution in [2.45, 2.75) is 109 Å². The van der Waals surface area contributed by atoms with Crippen molar-refractivity contribution in [2.24, 2.45) is 23.7 Å². The van der Waals surface area contributed by atoms with Gasteiger partial charge in [0.25, 0.3) is 0 Å². The highest BCUT2D eigenvalue weighted by Crippen LogP contribution is 2.60. The number of alkyl halides is 2. The van der Waals surface area contributed by atoms with E-state index in [1.807, 2.05) is 44.7 Å². The fourth-order valence-corrected chi connectivity index (χ4v) is 10.7. The van der Waals surface area contributed by atoms with Crippen LogP contribution < -0.4 is 0 Å². The lowest BCUT2D eigenvalue weighted by atomic mass is 9.78. The number of benzene rings is 2.